The molecule has 0 spiro atoms. The lowest BCUT2D eigenvalue weighted by Crippen LogP contribution is -2.33. The Morgan fingerprint density at radius 3 is 2.50 bits per heavy atom. The predicted molar refractivity (Wildman–Crippen MR) is 82.3 cm³/mol. The van der Waals surface area contributed by atoms with E-state index in [9.17, 15) is 0 Å². The Hall–Kier alpha value is -1.36. The third-order valence-corrected chi connectivity index (χ3v) is 3.91. The Morgan fingerprint density at radius 1 is 1.25 bits per heavy atom. The van der Waals surface area contributed by atoms with Crippen LogP contribution in [0.5, 0.6) is 0 Å². The molecule has 1 aliphatic rings. The summed E-state index contributed by atoms with van der Waals surface area (Å²) in [5.41, 5.74) is 0.293. The number of nitrogens with one attached hydrogen (secondary N) is 2. The van der Waals surface area contributed by atoms with Crippen LogP contribution in [0.2, 0.25) is 0 Å². The first-order chi connectivity index (χ1) is 9.52. The SMILES string of the molecule is CNc1cc(NCC2(C)CCOCC2)nc(C(C)C)n1. The molecule has 0 unspecified atom stereocenters. The number of rotatable bonds is 5. The molecule has 20 heavy (non-hydrogen) atoms. The number of ether oxygens (including phenoxy) is 1. The predicted octanol–water partition coefficient (Wildman–Crippen LogP) is 2.87. The molecule has 2 heterocycles. The fourth-order valence-corrected chi connectivity index (χ4v) is 2.29. The Labute approximate surface area is 121 Å². The minimum Gasteiger partial charge on any atom is -0.381 e. The van der Waals surface area contributed by atoms with Gasteiger partial charge in [0.1, 0.15) is 17.5 Å². The van der Waals surface area contributed by atoms with Crippen LogP contribution in [-0.2, 0) is 4.74 Å². The summed E-state index contributed by atoms with van der Waals surface area (Å²) in [6.07, 6.45) is 2.20. The number of anilines is 2. The molecular weight excluding hydrogens is 252 g/mol. The average molecular weight is 278 g/mol. The Kier molecular flexibility index (Phi) is 4.81. The number of nitrogens with zero attached hydrogens (tertiary/aromatic N) is 2. The summed E-state index contributed by atoms with van der Waals surface area (Å²) in [5, 5.41) is 6.58. The molecule has 0 saturated carbocycles. The Bertz CT molecular complexity index is 441. The molecule has 0 bridgehead atoms. The molecule has 1 aliphatic heterocycles. The molecule has 1 aromatic heterocycles. The minimum atomic E-state index is 0.293. The van der Waals surface area contributed by atoms with Gasteiger partial charge in [-0.15, -0.1) is 0 Å². The standard InChI is InChI=1S/C15H26N4O/c1-11(2)14-18-12(16-4)9-13(19-14)17-10-15(3)5-7-20-8-6-15/h9,11H,5-8,10H2,1-4H3,(H2,16,17,18,19). The Morgan fingerprint density at radius 2 is 1.90 bits per heavy atom. The number of aromatic nitrogens is 2. The lowest BCUT2D eigenvalue weighted by Gasteiger charge is -2.33. The van der Waals surface area contributed by atoms with E-state index in [4.69, 9.17) is 4.74 Å². The summed E-state index contributed by atoms with van der Waals surface area (Å²) in [7, 11) is 1.88. The van der Waals surface area contributed by atoms with Crippen molar-refractivity contribution in [1.82, 2.24) is 9.97 Å². The van der Waals surface area contributed by atoms with Crippen molar-refractivity contribution in [2.75, 3.05) is 37.4 Å². The van der Waals surface area contributed by atoms with Crippen molar-refractivity contribution < 1.29 is 4.74 Å². The van der Waals surface area contributed by atoms with Crippen LogP contribution in [0.15, 0.2) is 6.07 Å². The van der Waals surface area contributed by atoms with Gasteiger partial charge < -0.3 is 15.4 Å². The van der Waals surface area contributed by atoms with Crippen LogP contribution in [-0.4, -0.2) is 36.8 Å². The van der Waals surface area contributed by atoms with E-state index >= 15 is 0 Å². The second-order valence-corrected chi connectivity index (χ2v) is 6.18. The van der Waals surface area contributed by atoms with Gasteiger partial charge in [0.15, 0.2) is 0 Å². The lowest BCUT2D eigenvalue weighted by atomic mass is 9.82. The van der Waals surface area contributed by atoms with Crippen molar-refractivity contribution in [3.05, 3.63) is 11.9 Å². The third kappa shape index (κ3) is 3.82. The molecule has 0 aromatic carbocycles. The second-order valence-electron chi connectivity index (χ2n) is 6.18. The van der Waals surface area contributed by atoms with Gasteiger partial charge in [-0.1, -0.05) is 20.8 Å². The van der Waals surface area contributed by atoms with Crippen LogP contribution >= 0.6 is 0 Å². The highest BCUT2D eigenvalue weighted by Crippen LogP contribution is 2.30. The average Bonchev–Trinajstić information content (AvgIpc) is 2.45. The molecule has 0 aliphatic carbocycles. The molecule has 2 rings (SSSR count). The van der Waals surface area contributed by atoms with Crippen LogP contribution in [0.3, 0.4) is 0 Å². The van der Waals surface area contributed by atoms with Crippen molar-refractivity contribution in [3.8, 4) is 0 Å². The van der Waals surface area contributed by atoms with Gasteiger partial charge in [-0.25, -0.2) is 9.97 Å². The van der Waals surface area contributed by atoms with E-state index in [1.165, 1.54) is 0 Å². The molecule has 5 heteroatoms. The molecule has 1 aromatic rings. The third-order valence-electron chi connectivity index (χ3n) is 3.91. The van der Waals surface area contributed by atoms with Crippen molar-refractivity contribution in [2.45, 2.75) is 39.5 Å². The van der Waals surface area contributed by atoms with Crippen LogP contribution < -0.4 is 10.6 Å². The topological polar surface area (TPSA) is 59.1 Å². The quantitative estimate of drug-likeness (QED) is 0.867. The fraction of sp³-hybridized carbons (Fsp3) is 0.733. The second kappa shape index (κ2) is 6.39. The van der Waals surface area contributed by atoms with Gasteiger partial charge in [-0.2, -0.15) is 0 Å². The summed E-state index contributed by atoms with van der Waals surface area (Å²) in [5.74, 6) is 2.96. The maximum Gasteiger partial charge on any atom is 0.135 e. The molecule has 0 atom stereocenters. The van der Waals surface area contributed by atoms with E-state index < -0.39 is 0 Å². The highest BCUT2D eigenvalue weighted by Gasteiger charge is 2.27. The molecule has 5 nitrogen and oxygen atoms in total. The first-order valence-corrected chi connectivity index (χ1v) is 7.41. The van der Waals surface area contributed by atoms with E-state index in [1.807, 2.05) is 13.1 Å². The zero-order valence-corrected chi connectivity index (χ0v) is 13.0. The molecule has 2 N–H and O–H groups in total. The van der Waals surface area contributed by atoms with Gasteiger partial charge in [0, 0.05) is 38.8 Å². The van der Waals surface area contributed by atoms with Crippen molar-refractivity contribution in [1.29, 1.82) is 0 Å². The van der Waals surface area contributed by atoms with Crippen LogP contribution in [0.4, 0.5) is 11.6 Å². The summed E-state index contributed by atoms with van der Waals surface area (Å²) in [6, 6.07) is 1.97. The van der Waals surface area contributed by atoms with E-state index in [-0.39, 0.29) is 0 Å². The summed E-state index contributed by atoms with van der Waals surface area (Å²) in [6.45, 7) is 9.18. The highest BCUT2D eigenvalue weighted by molar-refractivity contribution is 5.47. The zero-order chi connectivity index (χ0) is 14.6. The molecular formula is C15H26N4O. The van der Waals surface area contributed by atoms with Crippen molar-refractivity contribution >= 4 is 11.6 Å². The highest BCUT2D eigenvalue weighted by atomic mass is 16.5. The Balaban J connectivity index is 2.06. The smallest absolute Gasteiger partial charge is 0.135 e. The molecule has 1 fully saturated rings. The lowest BCUT2D eigenvalue weighted by molar-refractivity contribution is 0.0299. The molecule has 0 amide bonds. The first-order valence-electron chi connectivity index (χ1n) is 7.41. The molecule has 0 radical (unpaired) electrons. The van der Waals surface area contributed by atoms with Gasteiger partial charge >= 0.3 is 0 Å². The summed E-state index contributed by atoms with van der Waals surface area (Å²) < 4.78 is 5.44. The maximum atomic E-state index is 5.44. The van der Waals surface area contributed by atoms with Gasteiger partial charge in [-0.3, -0.25) is 0 Å². The van der Waals surface area contributed by atoms with E-state index in [0.29, 0.717) is 11.3 Å². The van der Waals surface area contributed by atoms with Crippen LogP contribution in [0.25, 0.3) is 0 Å². The largest absolute Gasteiger partial charge is 0.381 e. The van der Waals surface area contributed by atoms with E-state index in [0.717, 1.165) is 50.1 Å². The zero-order valence-electron chi connectivity index (χ0n) is 13.0. The minimum absolute atomic E-state index is 0.293. The van der Waals surface area contributed by atoms with Crippen LogP contribution in [0.1, 0.15) is 45.4 Å². The van der Waals surface area contributed by atoms with E-state index in [1.54, 1.807) is 0 Å². The normalized spacial score (nSPS) is 18.1. The molecule has 112 valence electrons. The van der Waals surface area contributed by atoms with Gasteiger partial charge in [-0.05, 0) is 18.3 Å². The van der Waals surface area contributed by atoms with Crippen molar-refractivity contribution in [2.24, 2.45) is 5.41 Å². The number of hydrogen-bond acceptors (Lipinski definition) is 5. The summed E-state index contributed by atoms with van der Waals surface area (Å²) >= 11 is 0. The monoisotopic (exact) mass is 278 g/mol. The van der Waals surface area contributed by atoms with Crippen molar-refractivity contribution in [3.63, 3.8) is 0 Å². The summed E-state index contributed by atoms with van der Waals surface area (Å²) in [4.78, 5) is 9.08. The van der Waals surface area contributed by atoms with E-state index in [2.05, 4.69) is 41.4 Å². The first kappa shape index (κ1) is 15.0. The van der Waals surface area contributed by atoms with Crippen LogP contribution in [0, 0.1) is 5.41 Å². The number of hydrogen-bond donors (Lipinski definition) is 2. The van der Waals surface area contributed by atoms with Gasteiger partial charge in [0.25, 0.3) is 0 Å². The maximum absolute atomic E-state index is 5.44. The van der Waals surface area contributed by atoms with Gasteiger partial charge in [0.05, 0.1) is 0 Å². The molecule has 1 saturated heterocycles. The van der Waals surface area contributed by atoms with Gasteiger partial charge in [0.2, 0.25) is 0 Å². The fourth-order valence-electron chi connectivity index (χ4n) is 2.29.